The Bertz CT molecular complexity index is 370. The number of nitrogens with one attached hydrogen (secondary N) is 1. The van der Waals surface area contributed by atoms with Gasteiger partial charge in [0.1, 0.15) is 6.10 Å². The lowest BCUT2D eigenvalue weighted by Crippen LogP contribution is -2.46. The Morgan fingerprint density at radius 3 is 2.67 bits per heavy atom. The first-order chi connectivity index (χ1) is 8.56. The molecular weight excluding hydrogens is 230 g/mol. The van der Waals surface area contributed by atoms with Crippen molar-refractivity contribution in [3.8, 4) is 0 Å². The Balaban J connectivity index is 2.54. The Hall–Kier alpha value is -1.46. The highest BCUT2D eigenvalue weighted by molar-refractivity contribution is 5.81. The fourth-order valence-corrected chi connectivity index (χ4v) is 1.72. The van der Waals surface area contributed by atoms with Crippen LogP contribution in [0, 0.1) is 0 Å². The number of nitrogens with zero attached hydrogens (tertiary/aromatic N) is 1. The third kappa shape index (κ3) is 4.09. The zero-order chi connectivity index (χ0) is 13.5. The molecule has 0 fully saturated rings. The first-order valence-electron chi connectivity index (χ1n) is 6.20. The van der Waals surface area contributed by atoms with E-state index in [2.05, 4.69) is 10.3 Å². The normalized spacial score (nSPS) is 15.8. The maximum Gasteiger partial charge on any atom is 0.250 e. The number of hydrogen-bond donors (Lipinski definition) is 3. The monoisotopic (exact) mass is 251 g/mol. The topological polar surface area (TPSA) is 88.2 Å². The Morgan fingerprint density at radius 1 is 1.50 bits per heavy atom. The molecular formula is C13H21N3O2. The third-order valence-corrected chi connectivity index (χ3v) is 2.86. The first kappa shape index (κ1) is 14.6. The number of amides is 1. The van der Waals surface area contributed by atoms with Crippen molar-refractivity contribution in [2.45, 2.75) is 44.9 Å². The third-order valence-electron chi connectivity index (χ3n) is 2.86. The number of aliphatic hydroxyl groups excluding tert-OH is 1. The average Bonchev–Trinajstić information content (AvgIpc) is 2.39. The van der Waals surface area contributed by atoms with E-state index in [4.69, 9.17) is 5.73 Å². The molecule has 1 aromatic rings. The second-order valence-corrected chi connectivity index (χ2v) is 4.41. The quantitative estimate of drug-likeness (QED) is 0.696. The van der Waals surface area contributed by atoms with Gasteiger partial charge in [0.25, 0.3) is 5.91 Å². The van der Waals surface area contributed by atoms with Gasteiger partial charge in [-0.2, -0.15) is 0 Å². The van der Waals surface area contributed by atoms with Crippen LogP contribution in [0.2, 0.25) is 0 Å². The molecule has 5 nitrogen and oxygen atoms in total. The predicted octanol–water partition coefficient (Wildman–Crippen LogP) is 0.747. The molecule has 3 atom stereocenters. The van der Waals surface area contributed by atoms with Crippen LogP contribution in [-0.2, 0) is 4.79 Å². The van der Waals surface area contributed by atoms with Crippen LogP contribution in [0.1, 0.15) is 38.3 Å². The Labute approximate surface area is 107 Å². The highest BCUT2D eigenvalue weighted by Gasteiger charge is 2.23. The van der Waals surface area contributed by atoms with Gasteiger partial charge in [-0.05, 0) is 31.0 Å². The summed E-state index contributed by atoms with van der Waals surface area (Å²) in [6.07, 6.45) is 3.63. The summed E-state index contributed by atoms with van der Waals surface area (Å²) in [5, 5.41) is 12.5. The Morgan fingerprint density at radius 2 is 2.11 bits per heavy atom. The number of carbonyl (C=O) groups excluding carboxylic acids is 1. The maximum atomic E-state index is 11.8. The SMILES string of the molecule is CCCC(N)C(O)C(=O)NC(C)c1ccncc1. The molecule has 0 saturated carbocycles. The molecule has 0 aliphatic heterocycles. The number of aromatic nitrogens is 1. The predicted molar refractivity (Wildman–Crippen MR) is 69.7 cm³/mol. The van der Waals surface area contributed by atoms with Crippen LogP contribution in [0.4, 0.5) is 0 Å². The molecule has 5 heteroatoms. The zero-order valence-corrected chi connectivity index (χ0v) is 10.8. The molecule has 4 N–H and O–H groups in total. The van der Waals surface area contributed by atoms with Crippen molar-refractivity contribution >= 4 is 5.91 Å². The van der Waals surface area contributed by atoms with E-state index in [1.807, 2.05) is 26.0 Å². The van der Waals surface area contributed by atoms with Gasteiger partial charge in [-0.25, -0.2) is 0 Å². The van der Waals surface area contributed by atoms with E-state index < -0.39 is 18.1 Å². The smallest absolute Gasteiger partial charge is 0.250 e. The minimum Gasteiger partial charge on any atom is -0.382 e. The van der Waals surface area contributed by atoms with Crippen LogP contribution < -0.4 is 11.1 Å². The van der Waals surface area contributed by atoms with Gasteiger partial charge in [0, 0.05) is 18.4 Å². The van der Waals surface area contributed by atoms with Crippen LogP contribution in [0.3, 0.4) is 0 Å². The van der Waals surface area contributed by atoms with Crippen molar-refractivity contribution < 1.29 is 9.90 Å². The summed E-state index contributed by atoms with van der Waals surface area (Å²) >= 11 is 0. The van der Waals surface area contributed by atoms with Gasteiger partial charge in [0.2, 0.25) is 0 Å². The van der Waals surface area contributed by atoms with E-state index in [9.17, 15) is 9.90 Å². The second-order valence-electron chi connectivity index (χ2n) is 4.41. The minimum atomic E-state index is -1.16. The molecule has 1 rings (SSSR count). The number of rotatable bonds is 6. The number of pyridine rings is 1. The van der Waals surface area contributed by atoms with Gasteiger partial charge in [0.15, 0.2) is 0 Å². The second kappa shape index (κ2) is 7.08. The van der Waals surface area contributed by atoms with Gasteiger partial charge < -0.3 is 16.2 Å². The molecule has 0 radical (unpaired) electrons. The van der Waals surface area contributed by atoms with Crippen LogP contribution in [0.15, 0.2) is 24.5 Å². The van der Waals surface area contributed by atoms with Crippen LogP contribution in [-0.4, -0.2) is 28.1 Å². The van der Waals surface area contributed by atoms with Crippen molar-refractivity contribution in [3.05, 3.63) is 30.1 Å². The van der Waals surface area contributed by atoms with E-state index in [0.717, 1.165) is 12.0 Å². The highest BCUT2D eigenvalue weighted by atomic mass is 16.3. The fourth-order valence-electron chi connectivity index (χ4n) is 1.72. The summed E-state index contributed by atoms with van der Waals surface area (Å²) in [5.41, 5.74) is 6.66. The van der Waals surface area contributed by atoms with Crippen molar-refractivity contribution in [2.75, 3.05) is 0 Å². The fraction of sp³-hybridized carbons (Fsp3) is 0.538. The first-order valence-corrected chi connectivity index (χ1v) is 6.20. The summed E-state index contributed by atoms with van der Waals surface area (Å²) in [7, 11) is 0. The standard InChI is InChI=1S/C13H21N3O2/c1-3-4-11(14)12(17)13(18)16-9(2)10-5-7-15-8-6-10/h5-9,11-12,17H,3-4,14H2,1-2H3,(H,16,18). The molecule has 1 heterocycles. The van der Waals surface area contributed by atoms with Gasteiger partial charge in [-0.1, -0.05) is 13.3 Å². The van der Waals surface area contributed by atoms with Crippen LogP contribution in [0.5, 0.6) is 0 Å². The summed E-state index contributed by atoms with van der Waals surface area (Å²) < 4.78 is 0. The molecule has 1 aromatic heterocycles. The van der Waals surface area contributed by atoms with Crippen molar-refractivity contribution in [3.63, 3.8) is 0 Å². The molecule has 0 aliphatic carbocycles. The molecule has 0 spiro atoms. The zero-order valence-electron chi connectivity index (χ0n) is 10.8. The van der Waals surface area contributed by atoms with Crippen molar-refractivity contribution in [1.82, 2.24) is 10.3 Å². The molecule has 0 aromatic carbocycles. The lowest BCUT2D eigenvalue weighted by molar-refractivity contribution is -0.131. The number of carbonyl (C=O) groups is 1. The van der Waals surface area contributed by atoms with Gasteiger partial charge in [-0.15, -0.1) is 0 Å². The van der Waals surface area contributed by atoms with E-state index in [1.54, 1.807) is 12.4 Å². The largest absolute Gasteiger partial charge is 0.382 e. The van der Waals surface area contributed by atoms with E-state index in [0.29, 0.717) is 6.42 Å². The summed E-state index contributed by atoms with van der Waals surface area (Å²) in [6.45, 7) is 3.81. The summed E-state index contributed by atoms with van der Waals surface area (Å²) in [4.78, 5) is 15.7. The Kier molecular flexibility index (Phi) is 5.74. The molecule has 0 bridgehead atoms. The van der Waals surface area contributed by atoms with E-state index in [-0.39, 0.29) is 6.04 Å². The lowest BCUT2D eigenvalue weighted by Gasteiger charge is -2.21. The molecule has 18 heavy (non-hydrogen) atoms. The molecule has 3 unspecified atom stereocenters. The van der Waals surface area contributed by atoms with Crippen LogP contribution >= 0.6 is 0 Å². The number of nitrogens with two attached hydrogens (primary N) is 1. The van der Waals surface area contributed by atoms with Crippen LogP contribution in [0.25, 0.3) is 0 Å². The molecule has 100 valence electrons. The summed E-state index contributed by atoms with van der Waals surface area (Å²) in [5.74, 6) is -0.430. The number of aliphatic hydroxyl groups is 1. The van der Waals surface area contributed by atoms with E-state index >= 15 is 0 Å². The average molecular weight is 251 g/mol. The molecule has 1 amide bonds. The minimum absolute atomic E-state index is 0.177. The van der Waals surface area contributed by atoms with E-state index in [1.165, 1.54) is 0 Å². The summed E-state index contributed by atoms with van der Waals surface area (Å²) in [6, 6.07) is 2.95. The van der Waals surface area contributed by atoms with Gasteiger partial charge in [0.05, 0.1) is 6.04 Å². The lowest BCUT2D eigenvalue weighted by atomic mass is 10.1. The van der Waals surface area contributed by atoms with Crippen molar-refractivity contribution in [2.24, 2.45) is 5.73 Å². The van der Waals surface area contributed by atoms with Gasteiger partial charge >= 0.3 is 0 Å². The molecule has 0 saturated heterocycles. The molecule has 0 aliphatic rings. The highest BCUT2D eigenvalue weighted by Crippen LogP contribution is 2.11. The number of hydrogen-bond acceptors (Lipinski definition) is 4. The van der Waals surface area contributed by atoms with Gasteiger partial charge in [-0.3, -0.25) is 9.78 Å². The van der Waals surface area contributed by atoms with Crippen molar-refractivity contribution in [1.29, 1.82) is 0 Å². The maximum absolute atomic E-state index is 11.8.